The molecule has 13 heavy (non-hydrogen) atoms. The first-order valence-corrected chi connectivity index (χ1v) is 3.70. The first-order chi connectivity index (χ1) is 6.06. The number of carboxylic acid groups (broad SMARTS) is 1. The molecule has 0 radical (unpaired) electrons. The number of hydrogen-bond acceptors (Lipinski definition) is 4. The van der Waals surface area contributed by atoms with E-state index < -0.39 is 5.97 Å². The molecule has 0 amide bonds. The molecule has 0 saturated heterocycles. The van der Waals surface area contributed by atoms with Crippen LogP contribution < -0.4 is 0 Å². The Kier molecular flexibility index (Phi) is 2.44. The van der Waals surface area contributed by atoms with E-state index in [2.05, 4.69) is 12.6 Å². The molecule has 5 heteroatoms. The molecule has 1 rings (SSSR count). The summed E-state index contributed by atoms with van der Waals surface area (Å²) in [5, 5.41) is 26.3. The van der Waals surface area contributed by atoms with Crippen molar-refractivity contribution in [3.63, 3.8) is 0 Å². The molecule has 1 aromatic rings. The molecule has 0 bridgehead atoms. The van der Waals surface area contributed by atoms with Crippen LogP contribution in [0.4, 0.5) is 0 Å². The molecular formula is C8H5NO3S. The van der Waals surface area contributed by atoms with Gasteiger partial charge in [0, 0.05) is 4.90 Å². The third kappa shape index (κ3) is 1.73. The van der Waals surface area contributed by atoms with E-state index in [1.165, 1.54) is 6.07 Å². The lowest BCUT2D eigenvalue weighted by Crippen LogP contribution is -1.99. The first kappa shape index (κ1) is 9.42. The summed E-state index contributed by atoms with van der Waals surface area (Å²) in [5.74, 6) is -1.50. The Labute approximate surface area is 79.5 Å². The standard InChI is InChI=1S/C8H5NO3S/c9-3-4-1-7(13)6(10)2-5(4)8(11)12/h1-2,10,13H,(H,11,12). The van der Waals surface area contributed by atoms with Gasteiger partial charge in [-0.25, -0.2) is 4.79 Å². The summed E-state index contributed by atoms with van der Waals surface area (Å²) in [6, 6.07) is 3.92. The summed E-state index contributed by atoms with van der Waals surface area (Å²) in [5.41, 5.74) is -0.242. The molecule has 0 saturated carbocycles. The van der Waals surface area contributed by atoms with Gasteiger partial charge in [-0.15, -0.1) is 12.6 Å². The van der Waals surface area contributed by atoms with Crippen LogP contribution in [-0.4, -0.2) is 16.2 Å². The van der Waals surface area contributed by atoms with Crippen molar-refractivity contribution in [2.24, 2.45) is 0 Å². The molecule has 0 spiro atoms. The third-order valence-electron chi connectivity index (χ3n) is 1.47. The van der Waals surface area contributed by atoms with E-state index in [-0.39, 0.29) is 21.8 Å². The number of rotatable bonds is 1. The predicted molar refractivity (Wildman–Crippen MR) is 47.0 cm³/mol. The second-order valence-electron chi connectivity index (χ2n) is 2.30. The van der Waals surface area contributed by atoms with Gasteiger partial charge in [0.2, 0.25) is 0 Å². The van der Waals surface area contributed by atoms with Crippen molar-refractivity contribution in [3.8, 4) is 11.8 Å². The Morgan fingerprint density at radius 1 is 1.54 bits per heavy atom. The average Bonchev–Trinajstić information content (AvgIpc) is 2.08. The van der Waals surface area contributed by atoms with Gasteiger partial charge in [0.15, 0.2) is 0 Å². The van der Waals surface area contributed by atoms with Crippen LogP contribution in [0.15, 0.2) is 17.0 Å². The Hall–Kier alpha value is -1.67. The molecule has 0 aromatic heterocycles. The van der Waals surface area contributed by atoms with Gasteiger partial charge in [-0.3, -0.25) is 0 Å². The number of aromatic carboxylic acids is 1. The van der Waals surface area contributed by atoms with E-state index in [0.29, 0.717) is 0 Å². The predicted octanol–water partition coefficient (Wildman–Crippen LogP) is 1.25. The zero-order valence-electron chi connectivity index (χ0n) is 6.35. The minimum absolute atomic E-state index is 0.0182. The van der Waals surface area contributed by atoms with Crippen molar-refractivity contribution in [3.05, 3.63) is 23.3 Å². The first-order valence-electron chi connectivity index (χ1n) is 3.25. The van der Waals surface area contributed by atoms with Crippen LogP contribution in [0.2, 0.25) is 0 Å². The van der Waals surface area contributed by atoms with Crippen molar-refractivity contribution in [1.82, 2.24) is 0 Å². The van der Waals surface area contributed by atoms with Crippen LogP contribution in [0.1, 0.15) is 15.9 Å². The van der Waals surface area contributed by atoms with Gasteiger partial charge < -0.3 is 10.2 Å². The lowest BCUT2D eigenvalue weighted by Gasteiger charge is -2.01. The van der Waals surface area contributed by atoms with E-state index in [9.17, 15) is 4.79 Å². The van der Waals surface area contributed by atoms with Gasteiger partial charge in [-0.1, -0.05) is 0 Å². The minimum Gasteiger partial charge on any atom is -0.507 e. The topological polar surface area (TPSA) is 81.3 Å². The van der Waals surface area contributed by atoms with Gasteiger partial charge in [0.25, 0.3) is 0 Å². The molecule has 4 nitrogen and oxygen atoms in total. The van der Waals surface area contributed by atoms with Crippen LogP contribution in [0, 0.1) is 11.3 Å². The fourth-order valence-corrected chi connectivity index (χ4v) is 1.04. The summed E-state index contributed by atoms with van der Waals surface area (Å²) in [7, 11) is 0. The van der Waals surface area contributed by atoms with Gasteiger partial charge in [0.1, 0.15) is 11.8 Å². The number of nitrogens with zero attached hydrogens (tertiary/aromatic N) is 1. The van der Waals surface area contributed by atoms with E-state index in [1.807, 2.05) is 0 Å². The van der Waals surface area contributed by atoms with Gasteiger partial charge in [0.05, 0.1) is 11.1 Å². The highest BCUT2D eigenvalue weighted by molar-refractivity contribution is 7.80. The molecular weight excluding hydrogens is 190 g/mol. The second-order valence-corrected chi connectivity index (χ2v) is 2.79. The number of phenolic OH excluding ortho intramolecular Hbond substituents is 1. The molecule has 0 heterocycles. The highest BCUT2D eigenvalue weighted by Crippen LogP contribution is 2.25. The number of phenols is 1. The fourth-order valence-electron chi connectivity index (χ4n) is 0.846. The van der Waals surface area contributed by atoms with Gasteiger partial charge >= 0.3 is 5.97 Å². The quantitative estimate of drug-likeness (QED) is 0.589. The molecule has 0 atom stereocenters. The summed E-state index contributed by atoms with van der Waals surface area (Å²) in [6.45, 7) is 0. The Bertz CT molecular complexity index is 409. The molecule has 66 valence electrons. The summed E-state index contributed by atoms with van der Waals surface area (Å²) in [4.78, 5) is 10.7. The molecule has 0 aliphatic heterocycles. The van der Waals surface area contributed by atoms with Crippen LogP contribution in [0.25, 0.3) is 0 Å². The zero-order valence-corrected chi connectivity index (χ0v) is 7.25. The van der Waals surface area contributed by atoms with Crippen molar-refractivity contribution >= 4 is 18.6 Å². The maximum Gasteiger partial charge on any atom is 0.337 e. The molecule has 0 aliphatic rings. The van der Waals surface area contributed by atoms with Crippen molar-refractivity contribution in [2.45, 2.75) is 4.90 Å². The number of thiol groups is 1. The Balaban J connectivity index is 3.44. The van der Waals surface area contributed by atoms with Gasteiger partial charge in [-0.2, -0.15) is 5.26 Å². The molecule has 1 aromatic carbocycles. The Morgan fingerprint density at radius 3 is 2.62 bits per heavy atom. The summed E-state index contributed by atoms with van der Waals surface area (Å²) in [6.07, 6.45) is 0. The van der Waals surface area contributed by atoms with E-state index in [0.717, 1.165) is 6.07 Å². The number of nitriles is 1. The lowest BCUT2D eigenvalue weighted by molar-refractivity contribution is 0.0696. The van der Waals surface area contributed by atoms with Crippen LogP contribution >= 0.6 is 12.6 Å². The molecule has 0 aliphatic carbocycles. The maximum atomic E-state index is 10.6. The molecule has 2 N–H and O–H groups in total. The maximum absolute atomic E-state index is 10.6. The van der Waals surface area contributed by atoms with Crippen molar-refractivity contribution in [1.29, 1.82) is 5.26 Å². The van der Waals surface area contributed by atoms with Crippen LogP contribution in [0.5, 0.6) is 5.75 Å². The fraction of sp³-hybridized carbons (Fsp3) is 0. The normalized spacial score (nSPS) is 9.23. The number of aromatic hydroxyl groups is 1. The summed E-state index contributed by atoms with van der Waals surface area (Å²) >= 11 is 3.84. The van der Waals surface area contributed by atoms with Crippen molar-refractivity contribution in [2.75, 3.05) is 0 Å². The SMILES string of the molecule is N#Cc1cc(S)c(O)cc1C(=O)O. The van der Waals surface area contributed by atoms with E-state index in [4.69, 9.17) is 15.5 Å². The lowest BCUT2D eigenvalue weighted by atomic mass is 10.1. The average molecular weight is 195 g/mol. The van der Waals surface area contributed by atoms with E-state index in [1.54, 1.807) is 6.07 Å². The molecule has 0 unspecified atom stereocenters. The monoisotopic (exact) mass is 195 g/mol. The third-order valence-corrected chi connectivity index (χ3v) is 1.82. The highest BCUT2D eigenvalue weighted by atomic mass is 32.1. The van der Waals surface area contributed by atoms with Crippen molar-refractivity contribution < 1.29 is 15.0 Å². The largest absolute Gasteiger partial charge is 0.507 e. The Morgan fingerprint density at radius 2 is 2.15 bits per heavy atom. The molecule has 0 fully saturated rings. The zero-order chi connectivity index (χ0) is 10.0. The number of carboxylic acids is 1. The second kappa shape index (κ2) is 3.37. The van der Waals surface area contributed by atoms with E-state index >= 15 is 0 Å². The minimum atomic E-state index is -1.25. The van der Waals surface area contributed by atoms with Crippen LogP contribution in [0.3, 0.4) is 0 Å². The van der Waals surface area contributed by atoms with Gasteiger partial charge in [-0.05, 0) is 12.1 Å². The smallest absolute Gasteiger partial charge is 0.337 e. The number of benzene rings is 1. The number of hydrogen-bond donors (Lipinski definition) is 3. The number of carbonyl (C=O) groups is 1. The summed E-state index contributed by atoms with van der Waals surface area (Å²) < 4.78 is 0. The van der Waals surface area contributed by atoms with Crippen LogP contribution in [-0.2, 0) is 0 Å². The highest BCUT2D eigenvalue weighted by Gasteiger charge is 2.12.